The van der Waals surface area contributed by atoms with Crippen LogP contribution in [0.1, 0.15) is 18.4 Å². The zero-order chi connectivity index (χ0) is 17.0. The zero-order valence-electron chi connectivity index (χ0n) is 13.1. The molecule has 2 amide bonds. The molecule has 0 radical (unpaired) electrons. The summed E-state index contributed by atoms with van der Waals surface area (Å²) in [6.45, 7) is 5.09. The molecule has 1 aliphatic heterocycles. The Morgan fingerprint density at radius 1 is 1.35 bits per heavy atom. The summed E-state index contributed by atoms with van der Waals surface area (Å²) in [5, 5.41) is 0.974. The monoisotopic (exact) mass is 354 g/mol. The fourth-order valence-corrected chi connectivity index (χ4v) is 3.17. The fraction of sp³-hybridized carbons (Fsp3) is 0.412. The van der Waals surface area contributed by atoms with Crippen molar-refractivity contribution in [2.45, 2.75) is 19.4 Å². The lowest BCUT2D eigenvalue weighted by Crippen LogP contribution is -2.42. The van der Waals surface area contributed by atoms with Crippen LogP contribution in [0.3, 0.4) is 0 Å². The van der Waals surface area contributed by atoms with Gasteiger partial charge in [-0.2, -0.15) is 0 Å². The molecule has 1 fully saturated rings. The van der Waals surface area contributed by atoms with E-state index in [1.54, 1.807) is 22.9 Å². The van der Waals surface area contributed by atoms with Gasteiger partial charge in [0.15, 0.2) is 0 Å². The number of hydrogen-bond acceptors (Lipinski definition) is 2. The number of nitrogens with zero attached hydrogens (tertiary/aromatic N) is 2. The van der Waals surface area contributed by atoms with Crippen LogP contribution < -0.4 is 0 Å². The quantitative estimate of drug-likeness (QED) is 0.777. The molecule has 1 saturated heterocycles. The van der Waals surface area contributed by atoms with Crippen molar-refractivity contribution in [3.8, 4) is 0 Å². The van der Waals surface area contributed by atoms with Crippen molar-refractivity contribution in [1.82, 2.24) is 9.80 Å². The van der Waals surface area contributed by atoms with Gasteiger partial charge in [-0.15, -0.1) is 0 Å². The molecule has 4 nitrogen and oxygen atoms in total. The van der Waals surface area contributed by atoms with Crippen LogP contribution in [0.5, 0.6) is 0 Å². The number of likely N-dealkylation sites (tertiary alicyclic amines) is 1. The third-order valence-corrected chi connectivity index (χ3v) is 5.00. The van der Waals surface area contributed by atoms with Crippen molar-refractivity contribution < 1.29 is 9.59 Å². The van der Waals surface area contributed by atoms with E-state index in [1.807, 2.05) is 12.1 Å². The van der Waals surface area contributed by atoms with E-state index >= 15 is 0 Å². The molecule has 0 unspecified atom stereocenters. The summed E-state index contributed by atoms with van der Waals surface area (Å²) in [6, 6.07) is 5.41. The molecule has 1 aromatic rings. The summed E-state index contributed by atoms with van der Waals surface area (Å²) < 4.78 is 0. The summed E-state index contributed by atoms with van der Waals surface area (Å²) >= 11 is 12.2. The largest absolute Gasteiger partial charge is 0.341 e. The summed E-state index contributed by atoms with van der Waals surface area (Å²) in [4.78, 5) is 27.5. The van der Waals surface area contributed by atoms with Crippen LogP contribution in [0.15, 0.2) is 30.9 Å². The van der Waals surface area contributed by atoms with E-state index < -0.39 is 0 Å². The molecule has 23 heavy (non-hydrogen) atoms. The van der Waals surface area contributed by atoms with Crippen LogP contribution >= 0.6 is 23.2 Å². The second-order valence-electron chi connectivity index (χ2n) is 5.71. The smallest absolute Gasteiger partial charge is 0.245 e. The van der Waals surface area contributed by atoms with Crippen molar-refractivity contribution >= 4 is 35.0 Å². The minimum Gasteiger partial charge on any atom is -0.341 e. The van der Waals surface area contributed by atoms with Crippen molar-refractivity contribution in [2.24, 2.45) is 5.92 Å². The van der Waals surface area contributed by atoms with Crippen molar-refractivity contribution in [2.75, 3.05) is 20.1 Å². The van der Waals surface area contributed by atoms with E-state index in [9.17, 15) is 9.59 Å². The summed E-state index contributed by atoms with van der Waals surface area (Å²) in [6.07, 6.45) is 2.66. The van der Waals surface area contributed by atoms with Gasteiger partial charge in [0.05, 0.1) is 10.0 Å². The maximum Gasteiger partial charge on any atom is 0.245 e. The van der Waals surface area contributed by atoms with Crippen molar-refractivity contribution in [3.63, 3.8) is 0 Å². The van der Waals surface area contributed by atoms with E-state index in [-0.39, 0.29) is 17.7 Å². The predicted octanol–water partition coefficient (Wildman–Crippen LogP) is 3.38. The standard InChI is InChI=1S/C17H20Cl2N2O2/c1-3-15(22)21-9-7-12(8-10-21)17(23)20(2)11-13-5-4-6-14(18)16(13)19/h3-6,12H,1,7-11H2,2H3. The SMILES string of the molecule is C=CC(=O)N1CCC(C(=O)N(C)Cc2cccc(Cl)c2Cl)CC1. The third kappa shape index (κ3) is 4.27. The zero-order valence-corrected chi connectivity index (χ0v) is 14.6. The number of amides is 2. The fourth-order valence-electron chi connectivity index (χ4n) is 2.79. The number of carbonyl (C=O) groups excluding carboxylic acids is 2. The number of hydrogen-bond donors (Lipinski definition) is 0. The van der Waals surface area contributed by atoms with E-state index in [1.165, 1.54) is 6.08 Å². The molecular weight excluding hydrogens is 335 g/mol. The molecule has 6 heteroatoms. The van der Waals surface area contributed by atoms with E-state index in [0.29, 0.717) is 42.5 Å². The van der Waals surface area contributed by atoms with Crippen LogP contribution in [-0.4, -0.2) is 41.8 Å². The summed E-state index contributed by atoms with van der Waals surface area (Å²) in [5.74, 6) is -0.0615. The lowest BCUT2D eigenvalue weighted by molar-refractivity contribution is -0.138. The molecule has 0 spiro atoms. The second-order valence-corrected chi connectivity index (χ2v) is 6.50. The Bertz CT molecular complexity index is 611. The Hall–Kier alpha value is -1.52. The third-order valence-electron chi connectivity index (χ3n) is 4.15. The Morgan fingerprint density at radius 3 is 2.61 bits per heavy atom. The molecule has 1 heterocycles. The maximum atomic E-state index is 12.6. The molecule has 0 atom stereocenters. The van der Waals surface area contributed by atoms with Gasteiger partial charge in [-0.3, -0.25) is 9.59 Å². The van der Waals surface area contributed by atoms with E-state index in [4.69, 9.17) is 23.2 Å². The Kier molecular flexibility index (Phi) is 6.08. The molecule has 0 aromatic heterocycles. The predicted molar refractivity (Wildman–Crippen MR) is 92.4 cm³/mol. The van der Waals surface area contributed by atoms with Gasteiger partial charge in [-0.25, -0.2) is 0 Å². The minimum atomic E-state index is -0.0741. The van der Waals surface area contributed by atoms with E-state index in [0.717, 1.165) is 5.56 Å². The van der Waals surface area contributed by atoms with Gasteiger partial charge in [-0.1, -0.05) is 41.9 Å². The molecule has 0 N–H and O–H groups in total. The number of rotatable bonds is 4. The minimum absolute atomic E-state index is 0.0631. The molecule has 0 bridgehead atoms. The van der Waals surface area contributed by atoms with E-state index in [2.05, 4.69) is 6.58 Å². The highest BCUT2D eigenvalue weighted by atomic mass is 35.5. The number of piperidine rings is 1. The Morgan fingerprint density at radius 2 is 2.00 bits per heavy atom. The van der Waals surface area contributed by atoms with Gasteiger partial charge < -0.3 is 9.80 Å². The highest BCUT2D eigenvalue weighted by Gasteiger charge is 2.28. The Labute approximate surface area is 146 Å². The van der Waals surface area contributed by atoms with Crippen LogP contribution in [0.4, 0.5) is 0 Å². The molecule has 0 saturated carbocycles. The van der Waals surface area contributed by atoms with Crippen LogP contribution in [0.25, 0.3) is 0 Å². The summed E-state index contributed by atoms with van der Waals surface area (Å²) in [5.41, 5.74) is 0.828. The first-order valence-corrected chi connectivity index (χ1v) is 8.28. The van der Waals surface area contributed by atoms with Gasteiger partial charge in [0.25, 0.3) is 0 Å². The molecular formula is C17H20Cl2N2O2. The van der Waals surface area contributed by atoms with Crippen LogP contribution in [0.2, 0.25) is 10.0 Å². The number of benzene rings is 1. The van der Waals surface area contributed by atoms with Crippen molar-refractivity contribution in [1.29, 1.82) is 0 Å². The maximum absolute atomic E-state index is 12.6. The topological polar surface area (TPSA) is 40.6 Å². The average Bonchev–Trinajstić information content (AvgIpc) is 2.57. The average molecular weight is 355 g/mol. The Balaban J connectivity index is 1.94. The first-order valence-electron chi connectivity index (χ1n) is 7.53. The molecule has 124 valence electrons. The second kappa shape index (κ2) is 7.84. The first kappa shape index (κ1) is 17.8. The van der Waals surface area contributed by atoms with Gasteiger partial charge in [0, 0.05) is 32.6 Å². The molecule has 1 aromatic carbocycles. The number of halogens is 2. The molecule has 0 aliphatic carbocycles. The highest BCUT2D eigenvalue weighted by molar-refractivity contribution is 6.42. The summed E-state index contributed by atoms with van der Waals surface area (Å²) in [7, 11) is 1.76. The molecule has 1 aliphatic rings. The van der Waals surface area contributed by atoms with Gasteiger partial charge in [-0.05, 0) is 30.5 Å². The van der Waals surface area contributed by atoms with Gasteiger partial charge in [0.1, 0.15) is 0 Å². The van der Waals surface area contributed by atoms with Gasteiger partial charge >= 0.3 is 0 Å². The normalized spacial score (nSPS) is 15.3. The lowest BCUT2D eigenvalue weighted by atomic mass is 9.95. The van der Waals surface area contributed by atoms with Crippen LogP contribution in [0, 0.1) is 5.92 Å². The number of carbonyl (C=O) groups is 2. The van der Waals surface area contributed by atoms with Crippen LogP contribution in [-0.2, 0) is 16.1 Å². The van der Waals surface area contributed by atoms with Gasteiger partial charge in [0.2, 0.25) is 11.8 Å². The lowest BCUT2D eigenvalue weighted by Gasteiger charge is -2.32. The highest BCUT2D eigenvalue weighted by Crippen LogP contribution is 2.27. The first-order chi connectivity index (χ1) is 10.9. The van der Waals surface area contributed by atoms with Crippen molar-refractivity contribution in [3.05, 3.63) is 46.5 Å². The molecule has 2 rings (SSSR count).